The normalized spacial score (nSPS) is 10.9. The predicted molar refractivity (Wildman–Crippen MR) is 70.1 cm³/mol. The van der Waals surface area contributed by atoms with Gasteiger partial charge in [-0.1, -0.05) is 12.1 Å². The molecule has 0 spiro atoms. The summed E-state index contributed by atoms with van der Waals surface area (Å²) in [5.74, 6) is -2.90. The number of hydrogen-bond acceptors (Lipinski definition) is 3. The summed E-state index contributed by atoms with van der Waals surface area (Å²) in [7, 11) is 0. The van der Waals surface area contributed by atoms with Gasteiger partial charge in [-0.3, -0.25) is 14.4 Å². The molecule has 9 heteroatoms. The lowest BCUT2D eigenvalue weighted by atomic mass is 10.1. The number of benzene rings is 1. The number of anilines is 1. The monoisotopic (exact) mass is 318 g/mol. The van der Waals surface area contributed by atoms with Gasteiger partial charge in [0.15, 0.2) is 0 Å². The van der Waals surface area contributed by atoms with Crippen LogP contribution in [0, 0.1) is 0 Å². The Morgan fingerprint density at radius 2 is 1.82 bits per heavy atom. The molecule has 1 aromatic carbocycles. The molecule has 1 rings (SSSR count). The van der Waals surface area contributed by atoms with Crippen LogP contribution in [0.15, 0.2) is 24.3 Å². The molecule has 6 nitrogen and oxygen atoms in total. The van der Waals surface area contributed by atoms with Gasteiger partial charge in [-0.15, -0.1) is 0 Å². The van der Waals surface area contributed by atoms with Gasteiger partial charge in [0.05, 0.1) is 6.42 Å². The Bertz CT molecular complexity index is 573. The van der Waals surface area contributed by atoms with Gasteiger partial charge in [-0.25, -0.2) is 0 Å². The second kappa shape index (κ2) is 7.43. The lowest BCUT2D eigenvalue weighted by molar-refractivity contribution is -0.140. The largest absolute Gasteiger partial charge is 0.481 e. The van der Waals surface area contributed by atoms with Crippen LogP contribution in [0.5, 0.6) is 0 Å². The molecule has 0 bridgehead atoms. The highest BCUT2D eigenvalue weighted by Gasteiger charge is 2.27. The molecule has 0 aliphatic heterocycles. The third-order valence-corrected chi connectivity index (χ3v) is 2.37. The summed E-state index contributed by atoms with van der Waals surface area (Å²) in [5, 5.41) is 12.5. The van der Waals surface area contributed by atoms with Gasteiger partial charge in [0.1, 0.15) is 13.0 Å². The first-order chi connectivity index (χ1) is 10.2. The van der Waals surface area contributed by atoms with E-state index in [1.54, 1.807) is 11.4 Å². The first-order valence-electron chi connectivity index (χ1n) is 6.10. The average molecular weight is 318 g/mol. The molecule has 0 atom stereocenters. The molecule has 0 heterocycles. The third-order valence-electron chi connectivity index (χ3n) is 2.37. The summed E-state index contributed by atoms with van der Waals surface area (Å²) in [6.07, 6.45) is -5.55. The zero-order chi connectivity index (χ0) is 16.8. The molecule has 0 unspecified atom stereocenters. The lowest BCUT2D eigenvalue weighted by Gasteiger charge is -2.09. The first kappa shape index (κ1) is 17.5. The molecule has 0 radical (unpaired) electrons. The molecular formula is C13H13F3N2O4. The quantitative estimate of drug-likeness (QED) is 0.689. The van der Waals surface area contributed by atoms with Gasteiger partial charge in [0.2, 0.25) is 11.8 Å². The van der Waals surface area contributed by atoms with Crippen LogP contribution in [0.3, 0.4) is 0 Å². The van der Waals surface area contributed by atoms with E-state index in [4.69, 9.17) is 5.11 Å². The van der Waals surface area contributed by atoms with Crippen molar-refractivity contribution in [3.05, 3.63) is 29.8 Å². The average Bonchev–Trinajstić information content (AvgIpc) is 2.35. The highest BCUT2D eigenvalue weighted by atomic mass is 19.4. The van der Waals surface area contributed by atoms with Crippen LogP contribution in [0.1, 0.15) is 12.0 Å². The van der Waals surface area contributed by atoms with E-state index in [9.17, 15) is 27.6 Å². The number of carbonyl (C=O) groups excluding carboxylic acids is 2. The van der Waals surface area contributed by atoms with Crippen molar-refractivity contribution in [2.75, 3.05) is 11.9 Å². The van der Waals surface area contributed by atoms with Crippen molar-refractivity contribution in [1.29, 1.82) is 0 Å². The summed E-state index contributed by atoms with van der Waals surface area (Å²) in [6, 6.07) is 5.92. The Morgan fingerprint density at radius 1 is 1.14 bits per heavy atom. The van der Waals surface area contributed by atoms with Crippen LogP contribution in [0.2, 0.25) is 0 Å². The lowest BCUT2D eigenvalue weighted by Crippen LogP contribution is -2.35. The molecule has 0 saturated carbocycles. The minimum Gasteiger partial charge on any atom is -0.481 e. The van der Waals surface area contributed by atoms with E-state index in [1.165, 1.54) is 18.2 Å². The predicted octanol–water partition coefficient (Wildman–Crippen LogP) is 1.32. The Balaban J connectivity index is 2.51. The highest BCUT2D eigenvalue weighted by molar-refractivity contribution is 6.03. The number of hydrogen-bond donors (Lipinski definition) is 3. The van der Waals surface area contributed by atoms with Crippen molar-refractivity contribution in [3.63, 3.8) is 0 Å². The maximum absolute atomic E-state index is 11.9. The number of carbonyl (C=O) groups is 3. The molecule has 0 aromatic heterocycles. The molecule has 0 saturated heterocycles. The maximum Gasteiger partial charge on any atom is 0.405 e. The molecule has 3 N–H and O–H groups in total. The van der Waals surface area contributed by atoms with Crippen LogP contribution in [0.25, 0.3) is 0 Å². The van der Waals surface area contributed by atoms with E-state index in [-0.39, 0.29) is 12.1 Å². The van der Waals surface area contributed by atoms with Crippen molar-refractivity contribution in [1.82, 2.24) is 5.32 Å². The number of rotatable bonds is 6. The fourth-order valence-electron chi connectivity index (χ4n) is 1.55. The Hall–Kier alpha value is -2.58. The standard InChI is InChI=1S/C13H13F3N2O4/c14-13(15,16)7-17-10(19)6-11(20)18-9-3-1-2-8(4-9)5-12(21)22/h1-4H,5-7H2,(H,17,19)(H,18,20)(H,21,22). The smallest absolute Gasteiger partial charge is 0.405 e. The van der Waals surface area contributed by atoms with Crippen LogP contribution in [-0.2, 0) is 20.8 Å². The molecule has 0 aliphatic rings. The van der Waals surface area contributed by atoms with Gasteiger partial charge in [-0.2, -0.15) is 13.2 Å². The van der Waals surface area contributed by atoms with Crippen LogP contribution in [-0.4, -0.2) is 35.6 Å². The molecule has 120 valence electrons. The molecule has 2 amide bonds. The van der Waals surface area contributed by atoms with Gasteiger partial charge in [-0.05, 0) is 17.7 Å². The van der Waals surface area contributed by atoms with E-state index in [1.807, 2.05) is 0 Å². The SMILES string of the molecule is O=C(O)Cc1cccc(NC(=O)CC(=O)NCC(F)(F)F)c1. The summed E-state index contributed by atoms with van der Waals surface area (Å²) in [4.78, 5) is 33.2. The number of carboxylic acids is 1. The second-order valence-corrected chi connectivity index (χ2v) is 4.39. The second-order valence-electron chi connectivity index (χ2n) is 4.39. The van der Waals surface area contributed by atoms with Crippen molar-refractivity contribution in [2.45, 2.75) is 19.0 Å². The number of carboxylic acid groups (broad SMARTS) is 1. The minimum atomic E-state index is -4.54. The van der Waals surface area contributed by atoms with Crippen molar-refractivity contribution in [2.24, 2.45) is 0 Å². The van der Waals surface area contributed by atoms with Crippen molar-refractivity contribution < 1.29 is 32.7 Å². The Kier molecular flexibility index (Phi) is 5.90. The van der Waals surface area contributed by atoms with Crippen LogP contribution in [0.4, 0.5) is 18.9 Å². The molecular weight excluding hydrogens is 305 g/mol. The van der Waals surface area contributed by atoms with E-state index < -0.39 is 36.9 Å². The van der Waals surface area contributed by atoms with Gasteiger partial charge in [0.25, 0.3) is 0 Å². The highest BCUT2D eigenvalue weighted by Crippen LogP contribution is 2.13. The maximum atomic E-state index is 11.9. The number of amides is 2. The topological polar surface area (TPSA) is 95.5 Å². The molecule has 0 fully saturated rings. The Morgan fingerprint density at radius 3 is 2.41 bits per heavy atom. The van der Waals surface area contributed by atoms with E-state index >= 15 is 0 Å². The van der Waals surface area contributed by atoms with Crippen molar-refractivity contribution >= 4 is 23.5 Å². The minimum absolute atomic E-state index is 0.240. The fraction of sp³-hybridized carbons (Fsp3) is 0.308. The van der Waals surface area contributed by atoms with Crippen LogP contribution >= 0.6 is 0 Å². The summed E-state index contributed by atoms with van der Waals surface area (Å²) in [6.45, 7) is -1.51. The third kappa shape index (κ3) is 7.27. The zero-order valence-corrected chi connectivity index (χ0v) is 11.2. The summed E-state index contributed by atoms with van der Waals surface area (Å²) in [5.41, 5.74) is 0.694. The van der Waals surface area contributed by atoms with Crippen LogP contribution < -0.4 is 10.6 Å². The van der Waals surface area contributed by atoms with E-state index in [0.717, 1.165) is 0 Å². The number of halogens is 3. The fourth-order valence-corrected chi connectivity index (χ4v) is 1.55. The van der Waals surface area contributed by atoms with Gasteiger partial charge >= 0.3 is 12.1 Å². The summed E-state index contributed by atoms with van der Waals surface area (Å²) < 4.78 is 35.7. The van der Waals surface area contributed by atoms with E-state index in [0.29, 0.717) is 5.56 Å². The number of aliphatic carboxylic acids is 1. The van der Waals surface area contributed by atoms with Gasteiger partial charge in [0, 0.05) is 5.69 Å². The Labute approximate surface area is 123 Å². The van der Waals surface area contributed by atoms with E-state index in [2.05, 4.69) is 5.32 Å². The number of nitrogens with one attached hydrogen (secondary N) is 2. The molecule has 0 aliphatic carbocycles. The summed E-state index contributed by atoms with van der Waals surface area (Å²) >= 11 is 0. The number of alkyl halides is 3. The molecule has 22 heavy (non-hydrogen) atoms. The van der Waals surface area contributed by atoms with Gasteiger partial charge < -0.3 is 15.7 Å². The van der Waals surface area contributed by atoms with Crippen molar-refractivity contribution in [3.8, 4) is 0 Å². The molecule has 1 aromatic rings. The first-order valence-corrected chi connectivity index (χ1v) is 6.10. The zero-order valence-electron chi connectivity index (χ0n) is 11.2.